The molecule has 1 unspecified atom stereocenters. The van der Waals surface area contributed by atoms with Crippen LogP contribution in [0.2, 0.25) is 0 Å². The van der Waals surface area contributed by atoms with E-state index in [2.05, 4.69) is 10.3 Å². The standard InChI is InChI=1S/C32H26F2N2O3S/c1-18-3-4-19(11-14-40(38)39)21-7-10-25-31-24(22-6-5-20(33)15-27(22)34)9-8-23(28-17-35-12-2-13-36-28)26(31)16-29(37)32(25)30(18)21/h2-8,10,12-13,15-18,24,36H,9,11,14H2,1H3,(H,38,39)/p-1/t18-,24+/m1/s1. The van der Waals surface area contributed by atoms with Crippen molar-refractivity contribution in [1.29, 1.82) is 0 Å². The van der Waals surface area contributed by atoms with Crippen LogP contribution in [0.5, 0.6) is 0 Å². The van der Waals surface area contributed by atoms with E-state index in [1.54, 1.807) is 30.8 Å². The molecule has 1 N–H and O–H groups in total. The predicted molar refractivity (Wildman–Crippen MR) is 152 cm³/mol. The minimum absolute atomic E-state index is 0.0148. The fourth-order valence-electron chi connectivity index (χ4n) is 6.06. The fraction of sp³-hybridized carbons (Fsp3) is 0.188. The van der Waals surface area contributed by atoms with Gasteiger partial charge in [0.05, 0.1) is 11.9 Å². The summed E-state index contributed by atoms with van der Waals surface area (Å²) in [5.41, 5.74) is 5.56. The first-order chi connectivity index (χ1) is 19.3. The number of nitrogens with one attached hydrogen (secondary N) is 1. The molecule has 4 aliphatic rings. The van der Waals surface area contributed by atoms with E-state index < -0.39 is 28.6 Å². The fourth-order valence-corrected chi connectivity index (χ4v) is 6.45. The summed E-state index contributed by atoms with van der Waals surface area (Å²) in [5.74, 6) is -2.01. The second-order valence-electron chi connectivity index (χ2n) is 10.1. The molecule has 8 heteroatoms. The highest BCUT2D eigenvalue weighted by molar-refractivity contribution is 7.79. The normalized spacial score (nSPS) is 21.9. The number of carbonyl (C=O) groups excluding carboxylic acids is 1. The number of hydrogen-bond donors (Lipinski definition) is 1. The molecule has 1 heterocycles. The Morgan fingerprint density at radius 1 is 1.15 bits per heavy atom. The minimum atomic E-state index is -2.18. The van der Waals surface area contributed by atoms with Gasteiger partial charge in [-0.1, -0.05) is 54.4 Å². The summed E-state index contributed by atoms with van der Waals surface area (Å²) in [6, 6.07) is 7.45. The van der Waals surface area contributed by atoms with Crippen molar-refractivity contribution in [2.75, 3.05) is 5.75 Å². The molecule has 0 aromatic heterocycles. The number of allylic oxidation sites excluding steroid dienone is 6. The molecule has 202 valence electrons. The average Bonchev–Trinajstić information content (AvgIpc) is 3.21. The molecular weight excluding hydrogens is 530 g/mol. The van der Waals surface area contributed by atoms with E-state index in [1.165, 1.54) is 12.1 Å². The quantitative estimate of drug-likeness (QED) is 0.552. The lowest BCUT2D eigenvalue weighted by molar-refractivity contribution is 0.104. The van der Waals surface area contributed by atoms with Gasteiger partial charge in [0.25, 0.3) is 0 Å². The highest BCUT2D eigenvalue weighted by Gasteiger charge is 2.35. The van der Waals surface area contributed by atoms with Crippen molar-refractivity contribution in [3.63, 3.8) is 0 Å². The van der Waals surface area contributed by atoms with Crippen LogP contribution in [-0.2, 0) is 11.1 Å². The topological polar surface area (TPSA) is 81.6 Å². The Kier molecular flexibility index (Phi) is 6.90. The molecule has 3 atom stereocenters. The van der Waals surface area contributed by atoms with E-state index in [4.69, 9.17) is 0 Å². The van der Waals surface area contributed by atoms with Crippen LogP contribution >= 0.6 is 0 Å². The summed E-state index contributed by atoms with van der Waals surface area (Å²) in [6.45, 7) is 2.00. The average molecular weight is 556 g/mol. The van der Waals surface area contributed by atoms with E-state index in [0.29, 0.717) is 40.5 Å². The maximum Gasteiger partial charge on any atom is 0.187 e. The number of halogens is 2. The summed E-state index contributed by atoms with van der Waals surface area (Å²) < 4.78 is 51.6. The Hall–Kier alpha value is -4.01. The van der Waals surface area contributed by atoms with Gasteiger partial charge in [-0.2, -0.15) is 0 Å². The van der Waals surface area contributed by atoms with Gasteiger partial charge in [-0.05, 0) is 69.3 Å². The van der Waals surface area contributed by atoms with Crippen LogP contribution in [0.1, 0.15) is 53.1 Å². The minimum Gasteiger partial charge on any atom is -0.772 e. The lowest BCUT2D eigenvalue weighted by Crippen LogP contribution is -2.35. The summed E-state index contributed by atoms with van der Waals surface area (Å²) in [7, 11) is 0. The zero-order valence-electron chi connectivity index (χ0n) is 21.6. The lowest BCUT2D eigenvalue weighted by Gasteiger charge is -2.33. The van der Waals surface area contributed by atoms with E-state index in [9.17, 15) is 17.9 Å². The number of carbonyl (C=O) groups is 1. The zero-order valence-corrected chi connectivity index (χ0v) is 22.4. The zero-order chi connectivity index (χ0) is 28.0. The largest absolute Gasteiger partial charge is 0.772 e. The lowest BCUT2D eigenvalue weighted by atomic mass is 9.71. The number of fused-ring (bicyclic) bond motifs is 4. The second kappa shape index (κ2) is 10.5. The Morgan fingerprint density at radius 2 is 1.98 bits per heavy atom. The van der Waals surface area contributed by atoms with Gasteiger partial charge in [0.1, 0.15) is 11.6 Å². The van der Waals surface area contributed by atoms with Crippen molar-refractivity contribution in [2.45, 2.75) is 31.6 Å². The molecule has 0 fully saturated rings. The first-order valence-electron chi connectivity index (χ1n) is 13.0. The number of rotatable bonds is 5. The third-order valence-electron chi connectivity index (χ3n) is 7.81. The molecule has 40 heavy (non-hydrogen) atoms. The molecule has 0 saturated carbocycles. The van der Waals surface area contributed by atoms with Gasteiger partial charge in [-0.25, -0.2) is 8.78 Å². The first kappa shape index (κ1) is 26.2. The Bertz CT molecular complexity index is 1800. The molecule has 0 amide bonds. The SMILES string of the molecule is C[C@@H]1C=CC(CCS(=O)[O-])=c2ccc3c(c21)C(=O)C=C1C(C2=CN=CC=CN2)=CC[C@@H](c2ccc(F)cc2F)C=31. The van der Waals surface area contributed by atoms with Gasteiger partial charge in [0.15, 0.2) is 5.78 Å². The number of benzene rings is 2. The second-order valence-corrected chi connectivity index (χ2v) is 11.1. The Morgan fingerprint density at radius 3 is 2.77 bits per heavy atom. The Labute approximate surface area is 232 Å². The monoisotopic (exact) mass is 555 g/mol. The van der Waals surface area contributed by atoms with E-state index >= 15 is 4.39 Å². The van der Waals surface area contributed by atoms with Crippen LogP contribution in [0.3, 0.4) is 0 Å². The summed E-state index contributed by atoms with van der Waals surface area (Å²) in [4.78, 5) is 18.2. The van der Waals surface area contributed by atoms with Gasteiger partial charge >= 0.3 is 0 Å². The summed E-state index contributed by atoms with van der Waals surface area (Å²) in [6.07, 6.45) is 15.1. The molecule has 0 saturated heterocycles. The van der Waals surface area contributed by atoms with Crippen LogP contribution in [-0.4, -0.2) is 26.5 Å². The first-order valence-corrected chi connectivity index (χ1v) is 14.3. The molecule has 0 bridgehead atoms. The van der Waals surface area contributed by atoms with Crippen LogP contribution in [0, 0.1) is 11.6 Å². The van der Waals surface area contributed by atoms with Gasteiger partial charge in [-0.15, -0.1) is 0 Å². The molecule has 6 rings (SSSR count). The summed E-state index contributed by atoms with van der Waals surface area (Å²) in [5, 5.41) is 4.78. The molecule has 3 aliphatic carbocycles. The van der Waals surface area contributed by atoms with Crippen LogP contribution < -0.4 is 15.8 Å². The maximum absolute atomic E-state index is 15.2. The van der Waals surface area contributed by atoms with Crippen molar-refractivity contribution in [2.24, 2.45) is 4.99 Å². The number of ketones is 1. The number of aliphatic imine (C=N–C) groups is 1. The third-order valence-corrected chi connectivity index (χ3v) is 8.35. The van der Waals surface area contributed by atoms with Crippen molar-refractivity contribution in [1.82, 2.24) is 5.32 Å². The summed E-state index contributed by atoms with van der Waals surface area (Å²) >= 11 is -2.18. The van der Waals surface area contributed by atoms with Gasteiger partial charge in [0.2, 0.25) is 0 Å². The number of nitrogens with zero attached hydrogens (tertiary/aromatic N) is 1. The van der Waals surface area contributed by atoms with Crippen molar-refractivity contribution in [3.8, 4) is 0 Å². The van der Waals surface area contributed by atoms with Crippen molar-refractivity contribution in [3.05, 3.63) is 129 Å². The van der Waals surface area contributed by atoms with Gasteiger partial charge in [0, 0.05) is 47.2 Å². The van der Waals surface area contributed by atoms with Gasteiger partial charge in [-0.3, -0.25) is 14.0 Å². The van der Waals surface area contributed by atoms with E-state index in [1.807, 2.05) is 37.3 Å². The molecule has 2 aromatic carbocycles. The molecule has 0 radical (unpaired) electrons. The highest BCUT2D eigenvalue weighted by Crippen LogP contribution is 2.45. The molecular formula is C32H25F2N2O3S-. The van der Waals surface area contributed by atoms with Crippen molar-refractivity contribution >= 4 is 34.2 Å². The predicted octanol–water partition coefficient (Wildman–Crippen LogP) is 4.47. The molecule has 5 nitrogen and oxygen atoms in total. The maximum atomic E-state index is 15.2. The van der Waals surface area contributed by atoms with Crippen LogP contribution in [0.25, 0.3) is 11.1 Å². The van der Waals surface area contributed by atoms with E-state index in [-0.39, 0.29) is 17.5 Å². The van der Waals surface area contributed by atoms with Gasteiger partial charge < -0.3 is 9.87 Å². The molecule has 2 aromatic rings. The van der Waals surface area contributed by atoms with E-state index in [0.717, 1.165) is 33.6 Å². The molecule has 0 spiro atoms. The third kappa shape index (κ3) is 4.57. The highest BCUT2D eigenvalue weighted by atomic mass is 32.2. The number of hydrogen-bond acceptors (Lipinski definition) is 5. The smallest absolute Gasteiger partial charge is 0.187 e. The van der Waals surface area contributed by atoms with Crippen LogP contribution in [0.15, 0.2) is 94.9 Å². The Balaban J connectivity index is 1.64. The van der Waals surface area contributed by atoms with Crippen LogP contribution in [0.4, 0.5) is 8.78 Å². The van der Waals surface area contributed by atoms with Crippen molar-refractivity contribution < 1.29 is 22.3 Å². The molecule has 1 aliphatic heterocycles.